The molecule has 0 aliphatic carbocycles. The number of carboxylic acid groups (broad SMARTS) is 1. The molecule has 2 aromatic carbocycles. The largest absolute Gasteiger partial charge is 0.484 e. The molecule has 4 rings (SSSR count). The van der Waals surface area contributed by atoms with Gasteiger partial charge < -0.3 is 25.2 Å². The molecule has 1 saturated heterocycles. The molecule has 0 saturated carbocycles. The quantitative estimate of drug-likeness (QED) is 0.148. The van der Waals surface area contributed by atoms with E-state index in [4.69, 9.17) is 9.47 Å². The first-order chi connectivity index (χ1) is 19.6. The summed E-state index contributed by atoms with van der Waals surface area (Å²) in [6.07, 6.45) is 0. The molecular weight excluding hydrogens is 560 g/mol. The maximum Gasteiger partial charge on any atom is 0.352 e. The molecule has 0 radical (unpaired) electrons. The molecule has 2 aliphatic heterocycles. The highest BCUT2D eigenvalue weighted by Crippen LogP contribution is 2.40. The summed E-state index contributed by atoms with van der Waals surface area (Å²) in [4.78, 5) is 73.4. The van der Waals surface area contributed by atoms with Crippen LogP contribution in [0.2, 0.25) is 0 Å². The van der Waals surface area contributed by atoms with E-state index in [-0.39, 0.29) is 35.1 Å². The van der Waals surface area contributed by atoms with Crippen LogP contribution < -0.4 is 15.4 Å². The molecule has 0 bridgehead atoms. The van der Waals surface area contributed by atoms with Gasteiger partial charge in [0, 0.05) is 30.4 Å². The summed E-state index contributed by atoms with van der Waals surface area (Å²) in [6, 6.07) is 11.1. The van der Waals surface area contributed by atoms with Crippen LogP contribution in [0.25, 0.3) is 0 Å². The molecule has 3 atom stereocenters. The molecule has 15 heteroatoms. The number of aliphatic carboxylic acids is 1. The summed E-state index contributed by atoms with van der Waals surface area (Å²) < 4.78 is 10.3. The summed E-state index contributed by atoms with van der Waals surface area (Å²) in [5.41, 5.74) is 0.245. The van der Waals surface area contributed by atoms with Crippen LogP contribution in [-0.2, 0) is 28.7 Å². The zero-order valence-electron chi connectivity index (χ0n) is 21.5. The lowest BCUT2D eigenvalue weighted by Gasteiger charge is -2.49. The zero-order valence-corrected chi connectivity index (χ0v) is 22.3. The van der Waals surface area contributed by atoms with Crippen LogP contribution in [0.1, 0.15) is 18.5 Å². The fourth-order valence-corrected chi connectivity index (χ4v) is 5.51. The molecular formula is C26H24N4O10S. The molecule has 1 fully saturated rings. The molecule has 41 heavy (non-hydrogen) atoms. The van der Waals surface area contributed by atoms with Crippen molar-refractivity contribution in [1.29, 1.82) is 0 Å². The van der Waals surface area contributed by atoms with Gasteiger partial charge in [-0.3, -0.25) is 34.2 Å². The summed E-state index contributed by atoms with van der Waals surface area (Å²) in [7, 11) is 0. The summed E-state index contributed by atoms with van der Waals surface area (Å²) >= 11 is 1.21. The number of nitro benzene ring substituents is 1. The van der Waals surface area contributed by atoms with Gasteiger partial charge in [-0.1, -0.05) is 30.3 Å². The zero-order chi connectivity index (χ0) is 29.7. The van der Waals surface area contributed by atoms with Gasteiger partial charge in [-0.25, -0.2) is 4.79 Å². The number of ether oxygens (including phenoxy) is 2. The van der Waals surface area contributed by atoms with E-state index in [0.29, 0.717) is 5.56 Å². The lowest BCUT2D eigenvalue weighted by molar-refractivity contribution is -0.384. The van der Waals surface area contributed by atoms with E-state index >= 15 is 0 Å². The van der Waals surface area contributed by atoms with E-state index in [2.05, 4.69) is 10.6 Å². The van der Waals surface area contributed by atoms with Crippen LogP contribution in [0.5, 0.6) is 5.75 Å². The van der Waals surface area contributed by atoms with Crippen molar-refractivity contribution in [3.05, 3.63) is 81.5 Å². The second-order valence-corrected chi connectivity index (χ2v) is 9.99. The standard InChI is InChI=1S/C26H24N4O10S/c1-14(31)39-11-16-13-41-25-21(24(34)29(25)22(16)26(35)36)28-23(33)20(15-5-3-2-4-6-15)27-19(32)12-40-18-9-7-17(8-10-18)30(37)38/h2-10,20-21,25H,11-13H2,1H3,(H,27,32)(H,28,33)(H,35,36)/t20-,21+,25+/m0/s1. The highest BCUT2D eigenvalue weighted by atomic mass is 32.2. The van der Waals surface area contributed by atoms with Gasteiger partial charge in [0.1, 0.15) is 35.5 Å². The highest BCUT2D eigenvalue weighted by molar-refractivity contribution is 8.00. The number of nitrogens with one attached hydrogen (secondary N) is 2. The molecule has 0 unspecified atom stereocenters. The van der Waals surface area contributed by atoms with Crippen molar-refractivity contribution in [1.82, 2.24) is 15.5 Å². The van der Waals surface area contributed by atoms with Gasteiger partial charge in [0.2, 0.25) is 5.91 Å². The van der Waals surface area contributed by atoms with Crippen molar-refractivity contribution < 1.29 is 43.5 Å². The first kappa shape index (κ1) is 29.1. The number of benzene rings is 2. The maximum atomic E-state index is 13.3. The van der Waals surface area contributed by atoms with E-state index in [1.54, 1.807) is 30.3 Å². The van der Waals surface area contributed by atoms with Crippen molar-refractivity contribution in [3.8, 4) is 5.75 Å². The summed E-state index contributed by atoms with van der Waals surface area (Å²) in [5, 5.41) is 25.0. The second-order valence-electron chi connectivity index (χ2n) is 8.88. The number of carboxylic acids is 1. The number of β-lactam (4-membered cyclic amide) rings is 1. The predicted molar refractivity (Wildman–Crippen MR) is 142 cm³/mol. The number of hydrogen-bond donors (Lipinski definition) is 3. The number of nitro groups is 1. The highest BCUT2D eigenvalue weighted by Gasteiger charge is 2.54. The Morgan fingerprint density at radius 1 is 1.15 bits per heavy atom. The minimum atomic E-state index is -1.36. The molecule has 2 heterocycles. The fraction of sp³-hybridized carbons (Fsp3) is 0.269. The third kappa shape index (κ3) is 6.63. The number of non-ortho nitro benzene ring substituents is 1. The number of esters is 1. The molecule has 214 valence electrons. The Balaban J connectivity index is 1.43. The maximum absolute atomic E-state index is 13.3. The van der Waals surface area contributed by atoms with Crippen LogP contribution in [0.3, 0.4) is 0 Å². The SMILES string of the molecule is CC(=O)OCC1=C(C(=O)O)N2C(=O)[C@@H](NC(=O)[C@@H](NC(=O)COc3ccc([N+](=O)[O-])cc3)c3ccccc3)[C@H]2SC1. The van der Waals surface area contributed by atoms with Crippen molar-refractivity contribution >= 4 is 47.1 Å². The average molecular weight is 585 g/mol. The number of carbonyl (C=O) groups is 5. The Kier molecular flexibility index (Phi) is 8.87. The van der Waals surface area contributed by atoms with Crippen LogP contribution in [-0.4, -0.2) is 75.0 Å². The number of carbonyl (C=O) groups excluding carboxylic acids is 4. The Hall–Kier alpha value is -4.92. The summed E-state index contributed by atoms with van der Waals surface area (Å²) in [6.45, 7) is 0.409. The van der Waals surface area contributed by atoms with Gasteiger partial charge in [-0.2, -0.15) is 0 Å². The third-order valence-electron chi connectivity index (χ3n) is 6.12. The first-order valence-corrected chi connectivity index (χ1v) is 13.2. The number of hydrogen-bond acceptors (Lipinski definition) is 10. The molecule has 2 aliphatic rings. The number of rotatable bonds is 11. The van der Waals surface area contributed by atoms with Crippen molar-refractivity contribution in [2.45, 2.75) is 24.4 Å². The fourth-order valence-electron chi connectivity index (χ4n) is 4.18. The Morgan fingerprint density at radius 2 is 1.83 bits per heavy atom. The lowest BCUT2D eigenvalue weighted by Crippen LogP contribution is -2.71. The van der Waals surface area contributed by atoms with Gasteiger partial charge in [0.05, 0.1) is 4.92 Å². The van der Waals surface area contributed by atoms with Crippen LogP contribution in [0, 0.1) is 10.1 Å². The van der Waals surface area contributed by atoms with Gasteiger partial charge >= 0.3 is 11.9 Å². The van der Waals surface area contributed by atoms with Crippen molar-refractivity contribution in [2.75, 3.05) is 19.0 Å². The average Bonchev–Trinajstić information content (AvgIpc) is 2.96. The lowest BCUT2D eigenvalue weighted by atomic mass is 10.0. The van der Waals surface area contributed by atoms with Gasteiger partial charge in [-0.05, 0) is 17.7 Å². The molecule has 3 N–H and O–H groups in total. The van der Waals surface area contributed by atoms with E-state index in [1.807, 2.05) is 0 Å². The Labute approximate surface area is 236 Å². The molecule has 3 amide bonds. The molecule has 0 spiro atoms. The molecule has 0 aromatic heterocycles. The Morgan fingerprint density at radius 3 is 2.44 bits per heavy atom. The number of nitrogens with zero attached hydrogens (tertiary/aromatic N) is 2. The third-order valence-corrected chi connectivity index (χ3v) is 7.45. The molecule has 2 aromatic rings. The van der Waals surface area contributed by atoms with Crippen molar-refractivity contribution in [2.24, 2.45) is 0 Å². The molecule has 14 nitrogen and oxygen atoms in total. The Bertz CT molecular complexity index is 1410. The predicted octanol–water partition coefficient (Wildman–Crippen LogP) is 1.13. The summed E-state index contributed by atoms with van der Waals surface area (Å²) in [5.74, 6) is -3.63. The van der Waals surface area contributed by atoms with E-state index < -0.39 is 58.6 Å². The van der Waals surface area contributed by atoms with Crippen LogP contribution >= 0.6 is 11.8 Å². The number of thioether (sulfide) groups is 1. The van der Waals surface area contributed by atoms with E-state index in [9.17, 15) is 39.2 Å². The van der Waals surface area contributed by atoms with Crippen LogP contribution in [0.4, 0.5) is 5.69 Å². The monoisotopic (exact) mass is 584 g/mol. The van der Waals surface area contributed by atoms with Crippen LogP contribution in [0.15, 0.2) is 65.9 Å². The smallest absolute Gasteiger partial charge is 0.352 e. The van der Waals surface area contributed by atoms with Crippen molar-refractivity contribution in [3.63, 3.8) is 0 Å². The number of amides is 3. The van der Waals surface area contributed by atoms with E-state index in [1.165, 1.54) is 43.0 Å². The van der Waals surface area contributed by atoms with Gasteiger partial charge in [-0.15, -0.1) is 11.8 Å². The van der Waals surface area contributed by atoms with E-state index in [0.717, 1.165) is 4.90 Å². The normalized spacial score (nSPS) is 18.4. The first-order valence-electron chi connectivity index (χ1n) is 12.1. The minimum absolute atomic E-state index is 0.144. The topological polar surface area (TPSA) is 194 Å². The van der Waals surface area contributed by atoms with Gasteiger partial charge in [0.15, 0.2) is 6.61 Å². The number of fused-ring (bicyclic) bond motifs is 1. The second kappa shape index (κ2) is 12.5. The minimum Gasteiger partial charge on any atom is -0.484 e. The van der Waals surface area contributed by atoms with Gasteiger partial charge in [0.25, 0.3) is 17.5 Å².